The van der Waals surface area contributed by atoms with Crippen LogP contribution in [-0.2, 0) is 0 Å². The molecule has 3 aliphatic rings. The molecule has 2 aromatic carbocycles. The van der Waals surface area contributed by atoms with Gasteiger partial charge in [-0.2, -0.15) is 5.21 Å². The first-order valence-electron chi connectivity index (χ1n) is 13.5. The third kappa shape index (κ3) is 4.20. The third-order valence-electron chi connectivity index (χ3n) is 8.09. The molecular formula is C29H28N6O4. The van der Waals surface area contributed by atoms with Crippen LogP contribution >= 0.6 is 0 Å². The van der Waals surface area contributed by atoms with Crippen LogP contribution in [-0.4, -0.2) is 67.5 Å². The molecule has 1 N–H and O–H groups in total. The van der Waals surface area contributed by atoms with Crippen molar-refractivity contribution in [1.82, 2.24) is 30.5 Å². The number of nitrogens with zero attached hydrogens (tertiary/aromatic N) is 5. The van der Waals surface area contributed by atoms with Gasteiger partial charge in [-0.15, -0.1) is 10.2 Å². The number of ether oxygens (including phenoxy) is 2. The highest BCUT2D eigenvalue weighted by Crippen LogP contribution is 2.45. The average molecular weight is 525 g/mol. The molecule has 198 valence electrons. The highest BCUT2D eigenvalue weighted by molar-refractivity contribution is 6.03. The minimum atomic E-state index is -0.612. The SMILES string of the molecule is CCOc1cc(C(=O)N2CCC3(CC2)CC(=O)c2cc(-c4nn[nH]n4)ccc2O3)cc2c(C3CC3)cncc12. The Morgan fingerprint density at radius 2 is 2.00 bits per heavy atom. The van der Waals surface area contributed by atoms with Crippen molar-refractivity contribution in [2.24, 2.45) is 0 Å². The predicted molar refractivity (Wildman–Crippen MR) is 142 cm³/mol. The molecule has 1 spiro atoms. The number of H-pyrrole nitrogens is 1. The maximum atomic E-state index is 13.7. The molecule has 1 amide bonds. The lowest BCUT2D eigenvalue weighted by Gasteiger charge is -2.44. The first-order chi connectivity index (χ1) is 19.0. The Balaban J connectivity index is 1.11. The summed E-state index contributed by atoms with van der Waals surface area (Å²) in [5.74, 6) is 2.19. The molecular weight excluding hydrogens is 496 g/mol. The number of fused-ring (bicyclic) bond motifs is 2. The van der Waals surface area contributed by atoms with Gasteiger partial charge in [0.1, 0.15) is 17.1 Å². The van der Waals surface area contributed by atoms with Gasteiger partial charge in [0.15, 0.2) is 5.78 Å². The maximum Gasteiger partial charge on any atom is 0.254 e. The van der Waals surface area contributed by atoms with Crippen LogP contribution in [0, 0.1) is 0 Å². The van der Waals surface area contributed by atoms with Crippen molar-refractivity contribution in [2.75, 3.05) is 19.7 Å². The van der Waals surface area contributed by atoms with Crippen molar-refractivity contribution in [3.8, 4) is 22.9 Å². The molecule has 0 unspecified atom stereocenters. The van der Waals surface area contributed by atoms with E-state index in [2.05, 4.69) is 25.6 Å². The van der Waals surface area contributed by atoms with Crippen LogP contribution in [0.3, 0.4) is 0 Å². The van der Waals surface area contributed by atoms with Gasteiger partial charge in [-0.05, 0) is 72.2 Å². The van der Waals surface area contributed by atoms with Gasteiger partial charge in [0.05, 0.1) is 18.6 Å². The molecule has 10 heteroatoms. The van der Waals surface area contributed by atoms with Crippen LogP contribution in [0.15, 0.2) is 42.7 Å². The van der Waals surface area contributed by atoms with Gasteiger partial charge in [-0.1, -0.05) is 0 Å². The van der Waals surface area contributed by atoms with Crippen LogP contribution in [0.4, 0.5) is 0 Å². The summed E-state index contributed by atoms with van der Waals surface area (Å²) in [6.07, 6.45) is 7.49. The van der Waals surface area contributed by atoms with Gasteiger partial charge < -0.3 is 14.4 Å². The van der Waals surface area contributed by atoms with Crippen molar-refractivity contribution < 1.29 is 19.1 Å². The second-order valence-corrected chi connectivity index (χ2v) is 10.6. The fourth-order valence-electron chi connectivity index (χ4n) is 5.87. The molecule has 0 bridgehead atoms. The van der Waals surface area contributed by atoms with Crippen LogP contribution in [0.2, 0.25) is 0 Å². The molecule has 2 fully saturated rings. The average Bonchev–Trinajstić information content (AvgIpc) is 3.65. The topological polar surface area (TPSA) is 123 Å². The van der Waals surface area contributed by atoms with E-state index in [9.17, 15) is 9.59 Å². The van der Waals surface area contributed by atoms with Gasteiger partial charge in [0.2, 0.25) is 5.82 Å². The minimum Gasteiger partial charge on any atom is -0.493 e. The van der Waals surface area contributed by atoms with Crippen molar-refractivity contribution in [1.29, 1.82) is 0 Å². The molecule has 2 aliphatic heterocycles. The Hall–Kier alpha value is -4.34. The molecule has 0 radical (unpaired) electrons. The number of pyridine rings is 1. The van der Waals surface area contributed by atoms with Gasteiger partial charge in [0.25, 0.3) is 5.91 Å². The number of aromatic amines is 1. The number of benzene rings is 2. The second kappa shape index (κ2) is 9.14. The van der Waals surface area contributed by atoms with Crippen LogP contribution < -0.4 is 9.47 Å². The Bertz CT molecular complexity index is 1590. The predicted octanol–water partition coefficient (Wildman–Crippen LogP) is 4.33. The molecule has 10 nitrogen and oxygen atoms in total. The molecule has 4 aromatic rings. The Morgan fingerprint density at radius 3 is 2.74 bits per heavy atom. The zero-order chi connectivity index (χ0) is 26.6. The monoisotopic (exact) mass is 524 g/mol. The normalized spacial score (nSPS) is 18.2. The fourth-order valence-corrected chi connectivity index (χ4v) is 5.87. The van der Waals surface area contributed by atoms with Crippen LogP contribution in [0.1, 0.15) is 71.2 Å². The molecule has 1 saturated heterocycles. The van der Waals surface area contributed by atoms with E-state index < -0.39 is 5.60 Å². The molecule has 1 aliphatic carbocycles. The summed E-state index contributed by atoms with van der Waals surface area (Å²) in [5.41, 5.74) is 2.44. The number of piperidine rings is 1. The van der Waals surface area contributed by atoms with Gasteiger partial charge in [0, 0.05) is 54.8 Å². The number of carbonyl (C=O) groups is 2. The molecule has 4 heterocycles. The van der Waals surface area contributed by atoms with Gasteiger partial charge >= 0.3 is 0 Å². The van der Waals surface area contributed by atoms with E-state index in [1.54, 1.807) is 12.1 Å². The number of carbonyl (C=O) groups excluding carboxylic acids is 2. The molecule has 7 rings (SSSR count). The highest BCUT2D eigenvalue weighted by atomic mass is 16.5. The van der Waals surface area contributed by atoms with Gasteiger partial charge in [-0.3, -0.25) is 14.6 Å². The number of nitrogens with one attached hydrogen (secondary N) is 1. The Kier molecular flexibility index (Phi) is 5.57. The Morgan fingerprint density at radius 1 is 1.15 bits per heavy atom. The van der Waals surface area contributed by atoms with E-state index in [1.807, 2.05) is 42.4 Å². The number of amides is 1. The lowest BCUT2D eigenvalue weighted by molar-refractivity contribution is -0.00570. The van der Waals surface area contributed by atoms with E-state index in [4.69, 9.17) is 9.47 Å². The van der Waals surface area contributed by atoms with Crippen molar-refractivity contribution in [3.63, 3.8) is 0 Å². The number of aromatic nitrogens is 5. The van der Waals surface area contributed by atoms with E-state index in [0.717, 1.165) is 23.6 Å². The summed E-state index contributed by atoms with van der Waals surface area (Å²) >= 11 is 0. The van der Waals surface area contributed by atoms with Crippen molar-refractivity contribution in [2.45, 2.75) is 50.5 Å². The van der Waals surface area contributed by atoms with E-state index in [1.165, 1.54) is 5.56 Å². The van der Waals surface area contributed by atoms with Crippen LogP contribution in [0.5, 0.6) is 11.5 Å². The number of likely N-dealkylation sites (tertiary alicyclic amines) is 1. The standard InChI is InChI=1S/C29H28N6O4/c1-2-38-26-13-19(12-20-22(17-3-4-17)15-30-16-23(20)26)28(37)35-9-7-29(8-10-35)14-24(36)21-11-18(5-6-25(21)39-29)27-31-33-34-32-27/h5-6,11-13,15-17H,2-4,7-10,14H2,1H3,(H,31,32,33,34). The van der Waals surface area contributed by atoms with E-state index in [0.29, 0.717) is 72.5 Å². The number of ketones is 1. The fraction of sp³-hybridized carbons (Fsp3) is 0.379. The number of hydrogen-bond acceptors (Lipinski definition) is 8. The molecule has 39 heavy (non-hydrogen) atoms. The summed E-state index contributed by atoms with van der Waals surface area (Å²) in [6, 6.07) is 9.23. The first-order valence-corrected chi connectivity index (χ1v) is 13.5. The summed E-state index contributed by atoms with van der Waals surface area (Å²) in [7, 11) is 0. The molecule has 2 aromatic heterocycles. The lowest BCUT2D eigenvalue weighted by atomic mass is 9.82. The zero-order valence-electron chi connectivity index (χ0n) is 21.6. The maximum absolute atomic E-state index is 13.7. The summed E-state index contributed by atoms with van der Waals surface area (Å²) in [5, 5.41) is 16.0. The largest absolute Gasteiger partial charge is 0.493 e. The number of hydrogen-bond donors (Lipinski definition) is 1. The van der Waals surface area contributed by atoms with Gasteiger partial charge in [-0.25, -0.2) is 0 Å². The number of Topliss-reactive ketones (excluding diaryl/α,β-unsaturated/α-hetero) is 1. The van der Waals surface area contributed by atoms with Crippen LogP contribution in [0.25, 0.3) is 22.2 Å². The highest BCUT2D eigenvalue weighted by Gasteiger charge is 2.44. The quantitative estimate of drug-likeness (QED) is 0.409. The van der Waals surface area contributed by atoms with Crippen molar-refractivity contribution in [3.05, 3.63) is 59.4 Å². The van der Waals surface area contributed by atoms with E-state index in [-0.39, 0.29) is 18.1 Å². The third-order valence-corrected chi connectivity index (χ3v) is 8.09. The zero-order valence-corrected chi connectivity index (χ0v) is 21.6. The smallest absolute Gasteiger partial charge is 0.254 e. The molecule has 0 atom stereocenters. The minimum absolute atomic E-state index is 0.0264. The second-order valence-electron chi connectivity index (χ2n) is 10.6. The lowest BCUT2D eigenvalue weighted by Crippen LogP contribution is -2.52. The Labute approximate surface area is 224 Å². The number of rotatable bonds is 5. The summed E-state index contributed by atoms with van der Waals surface area (Å²) in [4.78, 5) is 33.2. The first kappa shape index (κ1) is 23.8. The van der Waals surface area contributed by atoms with Crippen molar-refractivity contribution >= 4 is 22.5 Å². The summed E-state index contributed by atoms with van der Waals surface area (Å²) < 4.78 is 12.4. The van der Waals surface area contributed by atoms with E-state index >= 15 is 0 Å². The molecule has 1 saturated carbocycles. The summed E-state index contributed by atoms with van der Waals surface area (Å²) in [6.45, 7) is 3.47. The number of tetrazole rings is 1.